The summed E-state index contributed by atoms with van der Waals surface area (Å²) in [7, 11) is 0. The van der Waals surface area contributed by atoms with Gasteiger partial charge in [0.25, 0.3) is 5.91 Å². The minimum atomic E-state index is -1.16. The van der Waals surface area contributed by atoms with Gasteiger partial charge in [0, 0.05) is 4.90 Å². The molecule has 2 aromatic rings. The van der Waals surface area contributed by atoms with Gasteiger partial charge in [-0.1, -0.05) is 55.5 Å². The van der Waals surface area contributed by atoms with E-state index in [-0.39, 0.29) is 5.75 Å². The average Bonchev–Trinajstić information content (AvgIpc) is 2.93. The van der Waals surface area contributed by atoms with Crippen LogP contribution in [0.15, 0.2) is 59.5 Å². The molecule has 2 aromatic carbocycles. The summed E-state index contributed by atoms with van der Waals surface area (Å²) in [5, 5.41) is 3.53. The molecule has 0 saturated carbocycles. The third-order valence-corrected chi connectivity index (χ3v) is 5.75. The highest BCUT2D eigenvalue weighted by atomic mass is 32.2. The van der Waals surface area contributed by atoms with Crippen molar-refractivity contribution in [2.75, 3.05) is 5.75 Å². The van der Waals surface area contributed by atoms with Gasteiger partial charge in [-0.05, 0) is 30.5 Å². The molecule has 1 fully saturated rings. The smallest absolute Gasteiger partial charge is 0.318 e. The molecule has 3 rings (SSSR count). The second-order valence-corrected chi connectivity index (χ2v) is 7.30. The molecule has 1 aliphatic rings. The van der Waals surface area contributed by atoms with E-state index in [2.05, 4.69) is 10.7 Å². The van der Waals surface area contributed by atoms with Gasteiger partial charge in [-0.25, -0.2) is 4.79 Å². The summed E-state index contributed by atoms with van der Waals surface area (Å²) in [6, 6.07) is 16.2. The van der Waals surface area contributed by atoms with Crippen molar-refractivity contribution >= 4 is 29.6 Å². The molecule has 1 atom stereocenters. The summed E-state index contributed by atoms with van der Waals surface area (Å²) < 4.78 is 0. The average molecular weight is 383 g/mol. The van der Waals surface area contributed by atoms with Gasteiger partial charge in [-0.2, -0.15) is 5.01 Å². The van der Waals surface area contributed by atoms with Crippen molar-refractivity contribution in [3.8, 4) is 0 Å². The Hall–Kier alpha value is -2.80. The van der Waals surface area contributed by atoms with E-state index in [0.717, 1.165) is 15.5 Å². The van der Waals surface area contributed by atoms with Crippen molar-refractivity contribution in [3.63, 3.8) is 0 Å². The number of nitrogens with zero attached hydrogens (tertiary/aromatic N) is 1. The van der Waals surface area contributed by atoms with Crippen LogP contribution < -0.4 is 10.7 Å². The normalized spacial score (nSPS) is 19.1. The lowest BCUT2D eigenvalue weighted by molar-refractivity contribution is -0.138. The molecule has 27 heavy (non-hydrogen) atoms. The van der Waals surface area contributed by atoms with E-state index in [4.69, 9.17) is 0 Å². The highest BCUT2D eigenvalue weighted by Crippen LogP contribution is 2.31. The summed E-state index contributed by atoms with van der Waals surface area (Å²) in [4.78, 5) is 38.6. The van der Waals surface area contributed by atoms with E-state index in [1.165, 1.54) is 11.8 Å². The number of urea groups is 1. The lowest BCUT2D eigenvalue weighted by Gasteiger charge is -2.25. The van der Waals surface area contributed by atoms with Crippen LogP contribution in [-0.4, -0.2) is 28.6 Å². The zero-order valence-corrected chi connectivity index (χ0v) is 16.0. The van der Waals surface area contributed by atoms with Crippen molar-refractivity contribution < 1.29 is 14.4 Å². The van der Waals surface area contributed by atoms with Crippen molar-refractivity contribution in [1.82, 2.24) is 15.8 Å². The lowest BCUT2D eigenvalue weighted by Crippen LogP contribution is -2.49. The maximum absolute atomic E-state index is 13.0. The zero-order chi connectivity index (χ0) is 19.4. The predicted octanol–water partition coefficient (Wildman–Crippen LogP) is 2.98. The van der Waals surface area contributed by atoms with Crippen molar-refractivity contribution in [1.29, 1.82) is 0 Å². The SMILES string of the molecule is CC[C@]1(c2ccccc2)NC(=O)N(NC(=O)CSc2ccccc2C)C1=O. The van der Waals surface area contributed by atoms with Gasteiger partial charge >= 0.3 is 6.03 Å². The van der Waals surface area contributed by atoms with Gasteiger partial charge in [0.05, 0.1) is 5.75 Å². The largest absolute Gasteiger partial charge is 0.344 e. The van der Waals surface area contributed by atoms with Crippen LogP contribution in [0.25, 0.3) is 0 Å². The number of carbonyl (C=O) groups is 3. The van der Waals surface area contributed by atoms with Crippen LogP contribution in [0.5, 0.6) is 0 Å². The number of rotatable bonds is 6. The Balaban J connectivity index is 1.70. The molecule has 1 aliphatic heterocycles. The maximum Gasteiger partial charge on any atom is 0.344 e. The maximum atomic E-state index is 13.0. The summed E-state index contributed by atoms with van der Waals surface area (Å²) in [6.45, 7) is 3.79. The molecular weight excluding hydrogens is 362 g/mol. The Morgan fingerprint density at radius 1 is 1.11 bits per heavy atom. The number of aryl methyl sites for hydroxylation is 1. The first-order valence-electron chi connectivity index (χ1n) is 8.68. The molecule has 1 saturated heterocycles. The number of amides is 4. The van der Waals surface area contributed by atoms with Crippen LogP contribution in [0.4, 0.5) is 4.79 Å². The van der Waals surface area contributed by atoms with E-state index in [0.29, 0.717) is 12.0 Å². The first-order valence-corrected chi connectivity index (χ1v) is 9.66. The van der Waals surface area contributed by atoms with Crippen LogP contribution in [0, 0.1) is 6.92 Å². The number of imide groups is 1. The summed E-state index contributed by atoms with van der Waals surface area (Å²) in [6.07, 6.45) is 0.381. The molecular formula is C20H21N3O3S. The lowest BCUT2D eigenvalue weighted by atomic mass is 9.87. The standard InChI is InChI=1S/C20H21N3O3S/c1-3-20(15-10-5-4-6-11-15)18(25)23(19(26)21-20)22-17(24)13-27-16-12-8-7-9-14(16)2/h4-12H,3,13H2,1-2H3,(H,21,26)(H,22,24)/t20-/m1/s1. The summed E-state index contributed by atoms with van der Waals surface area (Å²) in [5.74, 6) is -0.783. The van der Waals surface area contributed by atoms with Crippen molar-refractivity contribution in [2.45, 2.75) is 30.7 Å². The van der Waals surface area contributed by atoms with Crippen LogP contribution in [0.2, 0.25) is 0 Å². The fraction of sp³-hybridized carbons (Fsp3) is 0.250. The first-order chi connectivity index (χ1) is 13.0. The van der Waals surface area contributed by atoms with Gasteiger partial charge in [0.1, 0.15) is 5.54 Å². The molecule has 4 amide bonds. The topological polar surface area (TPSA) is 78.5 Å². The number of thioether (sulfide) groups is 1. The highest BCUT2D eigenvalue weighted by molar-refractivity contribution is 8.00. The van der Waals surface area contributed by atoms with E-state index in [1.807, 2.05) is 56.3 Å². The van der Waals surface area contributed by atoms with Gasteiger partial charge in [0.15, 0.2) is 0 Å². The summed E-state index contributed by atoms with van der Waals surface area (Å²) >= 11 is 1.36. The number of hydrazine groups is 1. The molecule has 0 spiro atoms. The van der Waals surface area contributed by atoms with E-state index >= 15 is 0 Å². The van der Waals surface area contributed by atoms with Crippen LogP contribution in [-0.2, 0) is 15.1 Å². The minimum absolute atomic E-state index is 0.104. The van der Waals surface area contributed by atoms with Crippen LogP contribution in [0.3, 0.4) is 0 Å². The highest BCUT2D eigenvalue weighted by Gasteiger charge is 2.52. The number of benzene rings is 2. The second-order valence-electron chi connectivity index (χ2n) is 6.28. The molecule has 0 aliphatic carbocycles. The van der Waals surface area contributed by atoms with Crippen LogP contribution >= 0.6 is 11.8 Å². The Kier molecular flexibility index (Phi) is 5.51. The van der Waals surface area contributed by atoms with Gasteiger partial charge in [-0.15, -0.1) is 11.8 Å². The molecule has 0 bridgehead atoms. The second kappa shape index (κ2) is 7.84. The Morgan fingerprint density at radius 3 is 2.44 bits per heavy atom. The third kappa shape index (κ3) is 3.68. The molecule has 0 radical (unpaired) electrons. The molecule has 0 unspecified atom stereocenters. The molecule has 2 N–H and O–H groups in total. The predicted molar refractivity (Wildman–Crippen MR) is 104 cm³/mol. The molecule has 140 valence electrons. The van der Waals surface area contributed by atoms with Crippen LogP contribution in [0.1, 0.15) is 24.5 Å². The number of carbonyl (C=O) groups excluding carboxylic acids is 3. The van der Waals surface area contributed by atoms with Crippen molar-refractivity contribution in [3.05, 3.63) is 65.7 Å². The Labute approximate surface area is 162 Å². The monoisotopic (exact) mass is 383 g/mol. The molecule has 7 heteroatoms. The molecule has 1 heterocycles. The fourth-order valence-corrected chi connectivity index (χ4v) is 3.88. The molecule has 0 aromatic heterocycles. The van der Waals surface area contributed by atoms with Gasteiger partial charge < -0.3 is 5.32 Å². The number of hydrogen-bond acceptors (Lipinski definition) is 4. The Morgan fingerprint density at radius 2 is 1.78 bits per heavy atom. The summed E-state index contributed by atoms with van der Waals surface area (Å²) in [5.41, 5.74) is 3.04. The molecule has 6 nitrogen and oxygen atoms in total. The van der Waals surface area contributed by atoms with Crippen molar-refractivity contribution in [2.24, 2.45) is 0 Å². The fourth-order valence-electron chi connectivity index (χ4n) is 3.06. The Bertz CT molecular complexity index is 872. The van der Waals surface area contributed by atoms with E-state index in [9.17, 15) is 14.4 Å². The van der Waals surface area contributed by atoms with E-state index < -0.39 is 23.4 Å². The van der Waals surface area contributed by atoms with E-state index in [1.54, 1.807) is 12.1 Å². The number of hydrogen-bond donors (Lipinski definition) is 2. The third-order valence-electron chi connectivity index (χ3n) is 4.58. The van der Waals surface area contributed by atoms with Gasteiger partial charge in [0.2, 0.25) is 5.91 Å². The quantitative estimate of drug-likeness (QED) is 0.594. The minimum Gasteiger partial charge on any atom is -0.318 e. The van der Waals surface area contributed by atoms with Gasteiger partial charge in [-0.3, -0.25) is 15.0 Å². The zero-order valence-electron chi connectivity index (χ0n) is 15.2. The number of nitrogens with one attached hydrogen (secondary N) is 2. The first kappa shape index (κ1) is 19.0.